The Bertz CT molecular complexity index is 791. The number of nitrogens with one attached hydrogen (secondary N) is 1. The predicted octanol–water partition coefficient (Wildman–Crippen LogP) is 1.51. The van der Waals surface area contributed by atoms with Crippen LogP contribution in [-0.4, -0.2) is 31.3 Å². The number of rotatable bonds is 3. The first-order valence-electron chi connectivity index (χ1n) is 8.57. The number of imidazole rings is 1. The SMILES string of the molecule is C[C@@H]1Cc2c(nn(C)c2C(=O)NCc2cnc3n2CCC3)[C@H](C)O1. The highest BCUT2D eigenvalue weighted by Gasteiger charge is 2.31. The molecule has 0 bridgehead atoms. The topological polar surface area (TPSA) is 74.0 Å². The van der Waals surface area contributed by atoms with E-state index in [0.29, 0.717) is 12.2 Å². The lowest BCUT2D eigenvalue weighted by molar-refractivity contribution is -0.00710. The molecule has 0 saturated carbocycles. The highest BCUT2D eigenvalue weighted by Crippen LogP contribution is 2.31. The van der Waals surface area contributed by atoms with Gasteiger partial charge in [0.2, 0.25) is 0 Å². The largest absolute Gasteiger partial charge is 0.369 e. The minimum absolute atomic E-state index is 0.0744. The van der Waals surface area contributed by atoms with Gasteiger partial charge in [-0.2, -0.15) is 5.10 Å². The van der Waals surface area contributed by atoms with E-state index in [1.54, 1.807) is 4.68 Å². The van der Waals surface area contributed by atoms with Crippen LogP contribution < -0.4 is 5.32 Å². The van der Waals surface area contributed by atoms with Crippen molar-refractivity contribution in [1.82, 2.24) is 24.6 Å². The standard InChI is InChI=1S/C17H23N5O2/c1-10-7-13-15(11(2)24-10)20-21(3)16(13)17(23)19-9-12-8-18-14-5-4-6-22(12)14/h8,10-11H,4-7,9H2,1-3H3,(H,19,23)/t10-,11+/m1/s1. The highest BCUT2D eigenvalue weighted by molar-refractivity contribution is 5.94. The molecule has 0 fully saturated rings. The van der Waals surface area contributed by atoms with Crippen molar-refractivity contribution in [3.05, 3.63) is 34.7 Å². The lowest BCUT2D eigenvalue weighted by Gasteiger charge is -2.24. The van der Waals surface area contributed by atoms with Crippen LogP contribution in [-0.2, 0) is 37.7 Å². The Kier molecular flexibility index (Phi) is 3.68. The Morgan fingerprint density at radius 3 is 3.12 bits per heavy atom. The molecule has 0 unspecified atom stereocenters. The summed E-state index contributed by atoms with van der Waals surface area (Å²) in [5.41, 5.74) is 3.61. The van der Waals surface area contributed by atoms with E-state index in [9.17, 15) is 4.79 Å². The van der Waals surface area contributed by atoms with Crippen LogP contribution in [0.1, 0.15) is 59.6 Å². The molecule has 0 aromatic carbocycles. The molecule has 4 rings (SSSR count). The molecule has 0 aliphatic carbocycles. The second kappa shape index (κ2) is 5.73. The average Bonchev–Trinajstić information content (AvgIpc) is 3.19. The molecular weight excluding hydrogens is 306 g/mol. The summed E-state index contributed by atoms with van der Waals surface area (Å²) in [6, 6.07) is 0. The summed E-state index contributed by atoms with van der Waals surface area (Å²) in [7, 11) is 1.82. The highest BCUT2D eigenvalue weighted by atomic mass is 16.5. The van der Waals surface area contributed by atoms with E-state index in [1.807, 2.05) is 27.1 Å². The van der Waals surface area contributed by atoms with Crippen LogP contribution in [0.3, 0.4) is 0 Å². The lowest BCUT2D eigenvalue weighted by atomic mass is 9.99. The maximum Gasteiger partial charge on any atom is 0.270 e. The first kappa shape index (κ1) is 15.4. The first-order chi connectivity index (χ1) is 11.5. The molecule has 7 nitrogen and oxygen atoms in total. The maximum atomic E-state index is 12.8. The molecule has 1 amide bonds. The zero-order valence-corrected chi connectivity index (χ0v) is 14.4. The van der Waals surface area contributed by atoms with Gasteiger partial charge in [0.25, 0.3) is 5.91 Å². The van der Waals surface area contributed by atoms with E-state index in [-0.39, 0.29) is 18.1 Å². The fraction of sp³-hybridized carbons (Fsp3) is 0.588. The summed E-state index contributed by atoms with van der Waals surface area (Å²) in [6.07, 6.45) is 4.77. The second-order valence-electron chi connectivity index (χ2n) is 6.73. The molecule has 0 radical (unpaired) electrons. The molecule has 2 aliphatic rings. The van der Waals surface area contributed by atoms with Crippen molar-refractivity contribution >= 4 is 5.91 Å². The number of aromatic nitrogens is 4. The van der Waals surface area contributed by atoms with Crippen molar-refractivity contribution in [2.45, 2.75) is 58.4 Å². The molecule has 4 heterocycles. The number of aryl methyl sites for hydroxylation is 2. The van der Waals surface area contributed by atoms with Crippen LogP contribution in [0.25, 0.3) is 0 Å². The number of nitrogens with zero attached hydrogens (tertiary/aromatic N) is 4. The molecule has 2 aliphatic heterocycles. The Morgan fingerprint density at radius 1 is 1.46 bits per heavy atom. The molecule has 2 aromatic heterocycles. The van der Waals surface area contributed by atoms with Gasteiger partial charge in [0.15, 0.2) is 0 Å². The van der Waals surface area contributed by atoms with Crippen molar-refractivity contribution in [2.75, 3.05) is 0 Å². The number of hydrogen-bond donors (Lipinski definition) is 1. The van der Waals surface area contributed by atoms with Gasteiger partial charge in [-0.15, -0.1) is 0 Å². The quantitative estimate of drug-likeness (QED) is 0.926. The minimum atomic E-state index is -0.0823. The van der Waals surface area contributed by atoms with Crippen LogP contribution in [0.5, 0.6) is 0 Å². The Hall–Kier alpha value is -2.15. The number of hydrogen-bond acceptors (Lipinski definition) is 4. The summed E-state index contributed by atoms with van der Waals surface area (Å²) in [5.74, 6) is 1.04. The van der Waals surface area contributed by atoms with Gasteiger partial charge in [0, 0.05) is 32.0 Å². The van der Waals surface area contributed by atoms with Crippen LogP contribution in [0, 0.1) is 0 Å². The fourth-order valence-corrected chi connectivity index (χ4v) is 3.87. The van der Waals surface area contributed by atoms with Crippen LogP contribution >= 0.6 is 0 Å². The first-order valence-corrected chi connectivity index (χ1v) is 8.57. The molecule has 7 heteroatoms. The predicted molar refractivity (Wildman–Crippen MR) is 87.6 cm³/mol. The summed E-state index contributed by atoms with van der Waals surface area (Å²) in [5, 5.41) is 7.54. The Morgan fingerprint density at radius 2 is 2.29 bits per heavy atom. The van der Waals surface area contributed by atoms with Gasteiger partial charge < -0.3 is 14.6 Å². The number of carbonyl (C=O) groups is 1. The zero-order valence-electron chi connectivity index (χ0n) is 14.4. The van der Waals surface area contributed by atoms with Gasteiger partial charge in [-0.3, -0.25) is 9.48 Å². The zero-order chi connectivity index (χ0) is 16.8. The number of fused-ring (bicyclic) bond motifs is 2. The van der Waals surface area contributed by atoms with Crippen LogP contribution in [0.15, 0.2) is 6.20 Å². The monoisotopic (exact) mass is 329 g/mol. The van der Waals surface area contributed by atoms with E-state index in [0.717, 1.165) is 48.6 Å². The van der Waals surface area contributed by atoms with E-state index in [4.69, 9.17) is 4.74 Å². The van der Waals surface area contributed by atoms with Crippen molar-refractivity contribution in [1.29, 1.82) is 0 Å². The van der Waals surface area contributed by atoms with E-state index < -0.39 is 0 Å². The molecule has 0 saturated heterocycles. The number of amides is 1. The van der Waals surface area contributed by atoms with Gasteiger partial charge in [0.05, 0.1) is 36.3 Å². The second-order valence-corrected chi connectivity index (χ2v) is 6.73. The maximum absolute atomic E-state index is 12.8. The number of carbonyl (C=O) groups excluding carboxylic acids is 1. The molecule has 0 spiro atoms. The normalized spacial score (nSPS) is 22.3. The van der Waals surface area contributed by atoms with Crippen LogP contribution in [0.4, 0.5) is 0 Å². The van der Waals surface area contributed by atoms with Crippen molar-refractivity contribution in [3.63, 3.8) is 0 Å². The van der Waals surface area contributed by atoms with Gasteiger partial charge >= 0.3 is 0 Å². The summed E-state index contributed by atoms with van der Waals surface area (Å²) in [6.45, 7) is 5.50. The molecule has 24 heavy (non-hydrogen) atoms. The summed E-state index contributed by atoms with van der Waals surface area (Å²) < 4.78 is 9.70. The van der Waals surface area contributed by atoms with E-state index >= 15 is 0 Å². The molecule has 2 aromatic rings. The van der Waals surface area contributed by atoms with Crippen LogP contribution in [0.2, 0.25) is 0 Å². The molecular formula is C17H23N5O2. The van der Waals surface area contributed by atoms with Crippen molar-refractivity contribution in [2.24, 2.45) is 7.05 Å². The minimum Gasteiger partial charge on any atom is -0.369 e. The van der Waals surface area contributed by atoms with E-state index in [1.165, 1.54) is 0 Å². The Balaban J connectivity index is 1.55. The van der Waals surface area contributed by atoms with Crippen molar-refractivity contribution < 1.29 is 9.53 Å². The third-order valence-corrected chi connectivity index (χ3v) is 4.94. The van der Waals surface area contributed by atoms with Gasteiger partial charge in [-0.25, -0.2) is 4.98 Å². The van der Waals surface area contributed by atoms with Gasteiger partial charge in [0.1, 0.15) is 11.5 Å². The lowest BCUT2D eigenvalue weighted by Crippen LogP contribution is -2.29. The Labute approximate surface area is 141 Å². The summed E-state index contributed by atoms with van der Waals surface area (Å²) >= 11 is 0. The van der Waals surface area contributed by atoms with Crippen molar-refractivity contribution in [3.8, 4) is 0 Å². The average molecular weight is 329 g/mol. The molecule has 2 atom stereocenters. The number of ether oxygens (including phenoxy) is 1. The fourth-order valence-electron chi connectivity index (χ4n) is 3.87. The van der Waals surface area contributed by atoms with E-state index in [2.05, 4.69) is 20.0 Å². The summed E-state index contributed by atoms with van der Waals surface area (Å²) in [4.78, 5) is 17.2. The van der Waals surface area contributed by atoms with Gasteiger partial charge in [-0.05, 0) is 20.3 Å². The third kappa shape index (κ3) is 2.43. The smallest absolute Gasteiger partial charge is 0.270 e. The molecule has 128 valence electrons. The van der Waals surface area contributed by atoms with Gasteiger partial charge in [-0.1, -0.05) is 0 Å². The molecule has 1 N–H and O–H groups in total. The third-order valence-electron chi connectivity index (χ3n) is 4.94.